The van der Waals surface area contributed by atoms with Crippen molar-refractivity contribution in [2.75, 3.05) is 5.01 Å². The Bertz CT molecular complexity index is 577. The van der Waals surface area contributed by atoms with Crippen molar-refractivity contribution >= 4 is 40.7 Å². The van der Waals surface area contributed by atoms with Gasteiger partial charge in [-0.05, 0) is 32.0 Å². The first-order valence-corrected chi connectivity index (χ1v) is 5.95. The van der Waals surface area contributed by atoms with Crippen molar-refractivity contribution in [3.63, 3.8) is 0 Å². The largest absolute Gasteiger partial charge is 0.282 e. The second-order valence-electron chi connectivity index (χ2n) is 4.05. The Hall–Kier alpha value is -1.52. The minimum absolute atomic E-state index is 0.154. The molecule has 1 N–H and O–H groups in total. The van der Waals surface area contributed by atoms with Gasteiger partial charge in [-0.1, -0.05) is 28.8 Å². The number of anilines is 1. The van der Waals surface area contributed by atoms with Gasteiger partial charge < -0.3 is 0 Å². The summed E-state index contributed by atoms with van der Waals surface area (Å²) in [5, 5.41) is 1.87. The number of halogens is 2. The fourth-order valence-corrected chi connectivity index (χ4v) is 1.96. The molecule has 0 radical (unpaired) electrons. The van der Waals surface area contributed by atoms with E-state index in [-0.39, 0.29) is 5.57 Å². The van der Waals surface area contributed by atoms with Gasteiger partial charge in [-0.15, -0.1) is 0 Å². The quantitative estimate of drug-likeness (QED) is 0.637. The fraction of sp³-hybridized carbons (Fsp3) is 0.167. The number of hydrogen-bond donors (Lipinski definition) is 1. The molecule has 0 bridgehead atoms. The summed E-state index contributed by atoms with van der Waals surface area (Å²) in [6.45, 7) is 3.43. The minimum atomic E-state index is -0.411. The minimum Gasteiger partial charge on any atom is -0.267 e. The van der Waals surface area contributed by atoms with Crippen LogP contribution in [0.25, 0.3) is 0 Å². The van der Waals surface area contributed by atoms with Crippen LogP contribution in [0, 0.1) is 0 Å². The molecule has 0 atom stereocenters. The number of nitrogens with zero attached hydrogens (tertiary/aromatic N) is 1. The Morgan fingerprint density at radius 2 is 1.83 bits per heavy atom. The average Bonchev–Trinajstić information content (AvgIpc) is 2.58. The van der Waals surface area contributed by atoms with E-state index in [1.54, 1.807) is 26.0 Å². The lowest BCUT2D eigenvalue weighted by molar-refractivity contribution is -0.117. The van der Waals surface area contributed by atoms with Crippen LogP contribution >= 0.6 is 23.2 Å². The zero-order valence-corrected chi connectivity index (χ0v) is 11.3. The number of nitrogens with one attached hydrogen (secondary N) is 1. The van der Waals surface area contributed by atoms with Crippen molar-refractivity contribution in [2.45, 2.75) is 13.8 Å². The van der Waals surface area contributed by atoms with E-state index in [9.17, 15) is 9.59 Å². The first-order valence-electron chi connectivity index (χ1n) is 5.20. The maximum atomic E-state index is 12.1. The van der Waals surface area contributed by atoms with Crippen LogP contribution in [0.15, 0.2) is 29.3 Å². The lowest BCUT2D eigenvalue weighted by Gasteiger charge is -2.15. The smallest absolute Gasteiger partial charge is 0.267 e. The highest BCUT2D eigenvalue weighted by molar-refractivity contribution is 6.42. The van der Waals surface area contributed by atoms with Gasteiger partial charge in [0, 0.05) is 0 Å². The summed E-state index contributed by atoms with van der Waals surface area (Å²) in [6, 6.07) is 4.70. The Kier molecular flexibility index (Phi) is 3.32. The SMILES string of the molecule is CC(C)=C1C(=O)NN(c2ccc(Cl)c(Cl)c2)C1=O. The van der Waals surface area contributed by atoms with Gasteiger partial charge in [-0.2, -0.15) is 0 Å². The van der Waals surface area contributed by atoms with Crippen LogP contribution in [0.1, 0.15) is 13.8 Å². The van der Waals surface area contributed by atoms with Crippen LogP contribution in [0.2, 0.25) is 10.0 Å². The Labute approximate surface area is 114 Å². The van der Waals surface area contributed by atoms with Gasteiger partial charge in [-0.3, -0.25) is 15.0 Å². The molecule has 0 aliphatic carbocycles. The van der Waals surface area contributed by atoms with E-state index in [0.29, 0.717) is 21.3 Å². The highest BCUT2D eigenvalue weighted by Gasteiger charge is 2.35. The van der Waals surface area contributed by atoms with E-state index in [2.05, 4.69) is 5.43 Å². The third-order valence-electron chi connectivity index (χ3n) is 2.52. The van der Waals surface area contributed by atoms with Crippen LogP contribution < -0.4 is 10.4 Å². The van der Waals surface area contributed by atoms with Crippen molar-refractivity contribution in [1.82, 2.24) is 5.43 Å². The second-order valence-corrected chi connectivity index (χ2v) is 4.87. The third-order valence-corrected chi connectivity index (χ3v) is 3.26. The lowest BCUT2D eigenvalue weighted by Crippen LogP contribution is -2.35. The Morgan fingerprint density at radius 1 is 1.17 bits per heavy atom. The zero-order chi connectivity index (χ0) is 13.4. The molecule has 1 aliphatic rings. The van der Waals surface area contributed by atoms with Gasteiger partial charge in [0.2, 0.25) is 0 Å². The van der Waals surface area contributed by atoms with Crippen molar-refractivity contribution in [1.29, 1.82) is 0 Å². The Balaban J connectivity index is 2.42. The number of rotatable bonds is 1. The maximum absolute atomic E-state index is 12.1. The highest BCUT2D eigenvalue weighted by Crippen LogP contribution is 2.29. The van der Waals surface area contributed by atoms with Crippen molar-refractivity contribution in [2.24, 2.45) is 0 Å². The molecule has 0 aromatic heterocycles. The summed E-state index contributed by atoms with van der Waals surface area (Å²) < 4.78 is 0. The molecule has 0 saturated carbocycles. The molecule has 0 unspecified atom stereocenters. The molecular weight excluding hydrogens is 275 g/mol. The standard InChI is InChI=1S/C12H10Cl2N2O2/c1-6(2)10-11(17)15-16(12(10)18)7-3-4-8(13)9(14)5-7/h3-5H,1-2H3,(H,15,17). The number of hydrazine groups is 1. The number of amides is 2. The van der Waals surface area contributed by atoms with Crippen molar-refractivity contribution in [3.05, 3.63) is 39.4 Å². The monoisotopic (exact) mass is 284 g/mol. The second kappa shape index (κ2) is 4.63. The Morgan fingerprint density at radius 3 is 2.33 bits per heavy atom. The van der Waals surface area contributed by atoms with E-state index >= 15 is 0 Å². The molecule has 1 aromatic carbocycles. The van der Waals surface area contributed by atoms with E-state index in [0.717, 1.165) is 5.01 Å². The predicted octanol–water partition coefficient (Wildman–Crippen LogP) is 2.71. The van der Waals surface area contributed by atoms with Crippen LogP contribution in [0.5, 0.6) is 0 Å². The normalized spacial score (nSPS) is 15.1. The first kappa shape index (κ1) is 12.9. The van der Waals surface area contributed by atoms with Crippen LogP contribution in [0.3, 0.4) is 0 Å². The lowest BCUT2D eigenvalue weighted by atomic mass is 10.1. The van der Waals surface area contributed by atoms with Gasteiger partial charge >= 0.3 is 0 Å². The van der Waals surface area contributed by atoms with Crippen LogP contribution in [-0.2, 0) is 9.59 Å². The number of allylic oxidation sites excluding steroid dienone is 1. The predicted molar refractivity (Wildman–Crippen MR) is 70.5 cm³/mol. The number of benzene rings is 1. The summed E-state index contributed by atoms with van der Waals surface area (Å²) in [5.41, 5.74) is 3.78. The fourth-order valence-electron chi connectivity index (χ4n) is 1.66. The molecule has 94 valence electrons. The average molecular weight is 285 g/mol. The number of carbonyl (C=O) groups is 2. The maximum Gasteiger partial charge on any atom is 0.282 e. The van der Waals surface area contributed by atoms with Crippen LogP contribution in [-0.4, -0.2) is 11.8 Å². The van der Waals surface area contributed by atoms with E-state index in [4.69, 9.17) is 23.2 Å². The molecule has 1 saturated heterocycles. The number of carbonyl (C=O) groups excluding carboxylic acids is 2. The van der Waals surface area contributed by atoms with Gasteiger partial charge in [0.15, 0.2) is 0 Å². The molecule has 18 heavy (non-hydrogen) atoms. The van der Waals surface area contributed by atoms with Crippen LogP contribution in [0.4, 0.5) is 5.69 Å². The first-order chi connectivity index (χ1) is 8.41. The molecule has 1 heterocycles. The van der Waals surface area contributed by atoms with Gasteiger partial charge in [0.05, 0.1) is 15.7 Å². The van der Waals surface area contributed by atoms with Gasteiger partial charge in [0.1, 0.15) is 5.57 Å². The molecule has 6 heteroatoms. The van der Waals surface area contributed by atoms with Crippen molar-refractivity contribution < 1.29 is 9.59 Å². The molecule has 1 aromatic rings. The third kappa shape index (κ3) is 2.09. The molecular formula is C12H10Cl2N2O2. The summed E-state index contributed by atoms with van der Waals surface area (Å²) in [6.07, 6.45) is 0. The zero-order valence-electron chi connectivity index (χ0n) is 9.75. The van der Waals surface area contributed by atoms with E-state index in [1.165, 1.54) is 6.07 Å². The summed E-state index contributed by atoms with van der Waals surface area (Å²) in [5.74, 6) is -0.801. The molecule has 2 rings (SSSR count). The molecule has 4 nitrogen and oxygen atoms in total. The summed E-state index contributed by atoms with van der Waals surface area (Å²) in [4.78, 5) is 23.7. The molecule has 2 amide bonds. The number of hydrogen-bond acceptors (Lipinski definition) is 2. The van der Waals surface area contributed by atoms with E-state index in [1.807, 2.05) is 0 Å². The van der Waals surface area contributed by atoms with Gasteiger partial charge in [-0.25, -0.2) is 5.01 Å². The van der Waals surface area contributed by atoms with Crippen molar-refractivity contribution in [3.8, 4) is 0 Å². The van der Waals surface area contributed by atoms with E-state index < -0.39 is 11.8 Å². The highest BCUT2D eigenvalue weighted by atomic mass is 35.5. The van der Waals surface area contributed by atoms with Gasteiger partial charge in [0.25, 0.3) is 11.8 Å². The molecule has 0 spiro atoms. The topological polar surface area (TPSA) is 49.4 Å². The summed E-state index contributed by atoms with van der Waals surface area (Å²) >= 11 is 11.7. The molecule has 1 fully saturated rings. The molecule has 1 aliphatic heterocycles. The summed E-state index contributed by atoms with van der Waals surface area (Å²) in [7, 11) is 0.